The Balaban J connectivity index is 2.05. The number of hydrogen-bond donors (Lipinski definition) is 1. The normalized spacial score (nSPS) is 29.1. The molecule has 18 heavy (non-hydrogen) atoms. The minimum absolute atomic E-state index is 0.550. The van der Waals surface area contributed by atoms with Crippen molar-refractivity contribution in [2.24, 2.45) is 5.92 Å². The van der Waals surface area contributed by atoms with Gasteiger partial charge in [-0.25, -0.2) is 0 Å². The molecule has 4 atom stereocenters. The Labute approximate surface area is 115 Å². The van der Waals surface area contributed by atoms with Crippen molar-refractivity contribution in [1.29, 1.82) is 0 Å². The second kappa shape index (κ2) is 6.18. The van der Waals surface area contributed by atoms with Crippen LogP contribution in [0.2, 0.25) is 0 Å². The van der Waals surface area contributed by atoms with Gasteiger partial charge in [0.25, 0.3) is 0 Å². The lowest BCUT2D eigenvalue weighted by Crippen LogP contribution is -2.57. The number of rotatable bonds is 4. The highest BCUT2D eigenvalue weighted by Gasteiger charge is 2.31. The molecule has 102 valence electrons. The van der Waals surface area contributed by atoms with Crippen molar-refractivity contribution in [1.82, 2.24) is 10.2 Å². The predicted octanol–water partition coefficient (Wildman–Crippen LogP) is 3.52. The minimum Gasteiger partial charge on any atom is -0.311 e. The van der Waals surface area contributed by atoms with Crippen LogP contribution in [-0.2, 0) is 0 Å². The summed E-state index contributed by atoms with van der Waals surface area (Å²) in [6.07, 6.45) is 1.26. The van der Waals surface area contributed by atoms with Crippen LogP contribution in [0.25, 0.3) is 0 Å². The molecule has 0 aliphatic carbocycles. The highest BCUT2D eigenvalue weighted by molar-refractivity contribution is 7.10. The van der Waals surface area contributed by atoms with Crippen LogP contribution in [0.5, 0.6) is 0 Å². The maximum Gasteiger partial charge on any atom is 0.0417 e. The van der Waals surface area contributed by atoms with Crippen molar-refractivity contribution in [3.8, 4) is 0 Å². The number of piperazine rings is 1. The van der Waals surface area contributed by atoms with Crippen LogP contribution >= 0.6 is 11.3 Å². The van der Waals surface area contributed by atoms with Crippen LogP contribution in [-0.4, -0.2) is 30.1 Å². The molecule has 2 heterocycles. The predicted molar refractivity (Wildman–Crippen MR) is 80.1 cm³/mol. The molecule has 0 bridgehead atoms. The molecule has 3 heteroatoms. The Morgan fingerprint density at radius 2 is 2.28 bits per heavy atom. The Kier molecular flexibility index (Phi) is 4.82. The van der Waals surface area contributed by atoms with Crippen molar-refractivity contribution >= 4 is 11.3 Å². The second-order valence-electron chi connectivity index (χ2n) is 5.64. The van der Waals surface area contributed by atoms with E-state index in [2.05, 4.69) is 55.4 Å². The van der Waals surface area contributed by atoms with E-state index < -0.39 is 0 Å². The minimum atomic E-state index is 0.550. The van der Waals surface area contributed by atoms with E-state index >= 15 is 0 Å². The molecule has 1 aromatic heterocycles. The molecule has 0 amide bonds. The fraction of sp³-hybridized carbons (Fsp3) is 0.733. The molecule has 1 fully saturated rings. The molecule has 2 rings (SSSR count). The Morgan fingerprint density at radius 1 is 1.50 bits per heavy atom. The fourth-order valence-corrected chi connectivity index (χ4v) is 3.61. The topological polar surface area (TPSA) is 15.3 Å². The third-order valence-corrected chi connectivity index (χ3v) is 5.47. The zero-order chi connectivity index (χ0) is 13.1. The lowest BCUT2D eigenvalue weighted by molar-refractivity contribution is 0.0833. The number of nitrogens with zero attached hydrogens (tertiary/aromatic N) is 1. The van der Waals surface area contributed by atoms with E-state index in [1.165, 1.54) is 17.8 Å². The average molecular weight is 266 g/mol. The van der Waals surface area contributed by atoms with Gasteiger partial charge >= 0.3 is 0 Å². The molecule has 1 aliphatic rings. The van der Waals surface area contributed by atoms with Gasteiger partial charge in [-0.1, -0.05) is 26.3 Å². The van der Waals surface area contributed by atoms with Gasteiger partial charge in [-0.15, -0.1) is 11.3 Å². The molecule has 0 saturated carbocycles. The summed E-state index contributed by atoms with van der Waals surface area (Å²) in [6, 6.07) is 6.25. The van der Waals surface area contributed by atoms with E-state index in [9.17, 15) is 0 Å². The van der Waals surface area contributed by atoms with Crippen LogP contribution in [0, 0.1) is 5.92 Å². The van der Waals surface area contributed by atoms with E-state index in [-0.39, 0.29) is 0 Å². The first-order chi connectivity index (χ1) is 8.63. The SMILES string of the molecule is CCC(C)C1CN(C(C)c2cccs2)C(C)CN1. The zero-order valence-corrected chi connectivity index (χ0v) is 12.8. The molecular formula is C15H26N2S. The van der Waals surface area contributed by atoms with Gasteiger partial charge in [0.1, 0.15) is 0 Å². The maximum absolute atomic E-state index is 3.71. The fourth-order valence-electron chi connectivity index (χ4n) is 2.81. The van der Waals surface area contributed by atoms with E-state index in [0.29, 0.717) is 18.1 Å². The first-order valence-electron chi connectivity index (χ1n) is 7.16. The van der Waals surface area contributed by atoms with Gasteiger partial charge in [0.05, 0.1) is 0 Å². The van der Waals surface area contributed by atoms with Crippen LogP contribution in [0.3, 0.4) is 0 Å². The lowest BCUT2D eigenvalue weighted by atomic mass is 9.94. The average Bonchev–Trinajstić information content (AvgIpc) is 2.91. The van der Waals surface area contributed by atoms with Crippen molar-refractivity contribution in [2.45, 2.75) is 52.2 Å². The quantitative estimate of drug-likeness (QED) is 0.897. The van der Waals surface area contributed by atoms with E-state index in [4.69, 9.17) is 0 Å². The van der Waals surface area contributed by atoms with Crippen LogP contribution in [0.1, 0.15) is 45.0 Å². The third-order valence-electron chi connectivity index (χ3n) is 4.43. The van der Waals surface area contributed by atoms with E-state index in [1.54, 1.807) is 0 Å². The van der Waals surface area contributed by atoms with Gasteiger partial charge in [0.15, 0.2) is 0 Å². The summed E-state index contributed by atoms with van der Waals surface area (Å²) in [7, 11) is 0. The Hall–Kier alpha value is -0.380. The maximum atomic E-state index is 3.71. The first kappa shape index (κ1) is 14.0. The second-order valence-corrected chi connectivity index (χ2v) is 6.62. The Bertz CT molecular complexity index is 349. The van der Waals surface area contributed by atoms with Gasteiger partial charge in [0.2, 0.25) is 0 Å². The number of hydrogen-bond acceptors (Lipinski definition) is 3. The van der Waals surface area contributed by atoms with Crippen molar-refractivity contribution < 1.29 is 0 Å². The molecule has 0 radical (unpaired) electrons. The zero-order valence-electron chi connectivity index (χ0n) is 12.0. The van der Waals surface area contributed by atoms with E-state index in [1.807, 2.05) is 11.3 Å². The molecule has 0 spiro atoms. The summed E-state index contributed by atoms with van der Waals surface area (Å²) in [5.74, 6) is 0.760. The standard InChI is InChI=1S/C15H26N2S/c1-5-11(2)14-10-17(12(3)9-16-14)13(4)15-7-6-8-18-15/h6-8,11-14,16H,5,9-10H2,1-4H3. The van der Waals surface area contributed by atoms with Gasteiger partial charge in [0, 0.05) is 36.1 Å². The molecule has 1 saturated heterocycles. The van der Waals surface area contributed by atoms with Crippen LogP contribution in [0.4, 0.5) is 0 Å². The summed E-state index contributed by atoms with van der Waals surface area (Å²) in [5.41, 5.74) is 0. The Morgan fingerprint density at radius 3 is 2.89 bits per heavy atom. The lowest BCUT2D eigenvalue weighted by Gasteiger charge is -2.43. The molecule has 1 N–H and O–H groups in total. The number of nitrogens with one attached hydrogen (secondary N) is 1. The largest absolute Gasteiger partial charge is 0.311 e. The van der Waals surface area contributed by atoms with Crippen LogP contribution < -0.4 is 5.32 Å². The highest BCUT2D eigenvalue weighted by Crippen LogP contribution is 2.28. The van der Waals surface area contributed by atoms with Crippen molar-refractivity contribution in [3.05, 3.63) is 22.4 Å². The third kappa shape index (κ3) is 2.95. The summed E-state index contributed by atoms with van der Waals surface area (Å²) in [4.78, 5) is 4.16. The summed E-state index contributed by atoms with van der Waals surface area (Å²) >= 11 is 1.88. The first-order valence-corrected chi connectivity index (χ1v) is 8.04. The smallest absolute Gasteiger partial charge is 0.0417 e. The van der Waals surface area contributed by atoms with E-state index in [0.717, 1.165) is 12.5 Å². The molecule has 1 aromatic rings. The monoisotopic (exact) mass is 266 g/mol. The van der Waals surface area contributed by atoms with Gasteiger partial charge in [-0.2, -0.15) is 0 Å². The number of thiophene rings is 1. The summed E-state index contributed by atoms with van der Waals surface area (Å²) in [5, 5.41) is 5.90. The summed E-state index contributed by atoms with van der Waals surface area (Å²) in [6.45, 7) is 11.6. The van der Waals surface area contributed by atoms with Crippen molar-refractivity contribution in [2.75, 3.05) is 13.1 Å². The van der Waals surface area contributed by atoms with Gasteiger partial charge in [-0.3, -0.25) is 4.90 Å². The summed E-state index contributed by atoms with van der Waals surface area (Å²) < 4.78 is 0. The van der Waals surface area contributed by atoms with Gasteiger partial charge in [-0.05, 0) is 31.2 Å². The van der Waals surface area contributed by atoms with Crippen LogP contribution in [0.15, 0.2) is 17.5 Å². The highest BCUT2D eigenvalue weighted by atomic mass is 32.1. The molecular weight excluding hydrogens is 240 g/mol. The molecule has 2 nitrogen and oxygen atoms in total. The molecule has 1 aliphatic heterocycles. The van der Waals surface area contributed by atoms with Gasteiger partial charge < -0.3 is 5.32 Å². The molecule has 0 aromatic carbocycles. The molecule has 4 unspecified atom stereocenters. The van der Waals surface area contributed by atoms with Crippen molar-refractivity contribution in [3.63, 3.8) is 0 Å².